The molecular formula is C26H30N4O3. The van der Waals surface area contributed by atoms with Crippen LogP contribution in [0.5, 0.6) is 11.6 Å². The minimum Gasteiger partial charge on any atom is -0.497 e. The first-order valence-electron chi connectivity index (χ1n) is 10.8. The minimum atomic E-state index is -0.208. The molecule has 1 N–H and O–H groups in total. The number of carbonyl (C=O) groups excluding carboxylic acids is 1. The summed E-state index contributed by atoms with van der Waals surface area (Å²) in [5.41, 5.74) is 6.18. The van der Waals surface area contributed by atoms with Gasteiger partial charge in [-0.15, -0.1) is 0 Å². The second-order valence-electron chi connectivity index (χ2n) is 7.88. The predicted octanol–water partition coefficient (Wildman–Crippen LogP) is 4.13. The number of ether oxygens (including phenoxy) is 2. The van der Waals surface area contributed by atoms with Crippen LogP contribution in [0.2, 0.25) is 0 Å². The highest BCUT2D eigenvalue weighted by Gasteiger charge is 2.17. The Labute approximate surface area is 194 Å². The van der Waals surface area contributed by atoms with Crippen LogP contribution in [0.1, 0.15) is 46.6 Å². The molecule has 2 heterocycles. The molecule has 3 aromatic rings. The zero-order chi connectivity index (χ0) is 24.0. The molecule has 7 heteroatoms. The second kappa shape index (κ2) is 10.7. The number of aromatic nitrogens is 2. The maximum atomic E-state index is 12.4. The van der Waals surface area contributed by atoms with E-state index in [1.165, 1.54) is 5.56 Å². The number of hydrogen-bond acceptors (Lipinski definition) is 6. The smallest absolute Gasteiger partial charge is 0.258 e. The molecule has 7 nitrogen and oxygen atoms in total. The van der Waals surface area contributed by atoms with Crippen LogP contribution in [0.15, 0.2) is 53.7 Å². The molecule has 0 bridgehead atoms. The molecule has 0 aliphatic heterocycles. The van der Waals surface area contributed by atoms with Crippen LogP contribution in [-0.2, 0) is 4.79 Å². The van der Waals surface area contributed by atoms with E-state index in [0.29, 0.717) is 23.0 Å². The van der Waals surface area contributed by atoms with Gasteiger partial charge in [-0.25, -0.2) is 4.98 Å². The number of aryl methyl sites for hydroxylation is 3. The van der Waals surface area contributed by atoms with E-state index >= 15 is 0 Å². The van der Waals surface area contributed by atoms with E-state index in [1.54, 1.807) is 26.4 Å². The van der Waals surface area contributed by atoms with Crippen molar-refractivity contribution in [1.29, 1.82) is 0 Å². The van der Waals surface area contributed by atoms with Crippen molar-refractivity contribution in [2.24, 2.45) is 4.99 Å². The van der Waals surface area contributed by atoms with Gasteiger partial charge < -0.3 is 14.8 Å². The van der Waals surface area contributed by atoms with Crippen molar-refractivity contribution in [2.75, 3.05) is 20.8 Å². The Bertz CT molecular complexity index is 1130. The number of hydrogen-bond donors (Lipinski definition) is 1. The first kappa shape index (κ1) is 23.9. The zero-order valence-electron chi connectivity index (χ0n) is 20.0. The van der Waals surface area contributed by atoms with Crippen molar-refractivity contribution in [3.8, 4) is 11.6 Å². The summed E-state index contributed by atoms with van der Waals surface area (Å²) in [4.78, 5) is 25.8. The molecule has 0 radical (unpaired) electrons. The summed E-state index contributed by atoms with van der Waals surface area (Å²) in [6.07, 6.45) is 1.69. The molecule has 1 atom stereocenters. The number of rotatable bonds is 8. The average molecular weight is 447 g/mol. The van der Waals surface area contributed by atoms with Crippen molar-refractivity contribution in [3.63, 3.8) is 0 Å². The van der Waals surface area contributed by atoms with Crippen LogP contribution >= 0.6 is 0 Å². The fourth-order valence-electron chi connectivity index (χ4n) is 3.61. The molecule has 0 aliphatic rings. The third-order valence-electron chi connectivity index (χ3n) is 5.35. The lowest BCUT2D eigenvalue weighted by Gasteiger charge is -2.16. The Morgan fingerprint density at radius 3 is 2.48 bits per heavy atom. The van der Waals surface area contributed by atoms with E-state index in [2.05, 4.69) is 20.3 Å². The van der Waals surface area contributed by atoms with Gasteiger partial charge in [-0.1, -0.05) is 29.8 Å². The van der Waals surface area contributed by atoms with Gasteiger partial charge in [0.15, 0.2) is 6.61 Å². The zero-order valence-corrected chi connectivity index (χ0v) is 20.0. The Balaban J connectivity index is 1.70. The highest BCUT2D eigenvalue weighted by molar-refractivity contribution is 6.13. The maximum absolute atomic E-state index is 12.4. The molecule has 0 saturated heterocycles. The highest BCUT2D eigenvalue weighted by Crippen LogP contribution is 2.23. The summed E-state index contributed by atoms with van der Waals surface area (Å²) in [5, 5.41) is 2.96. The molecule has 0 aliphatic carbocycles. The topological polar surface area (TPSA) is 85.7 Å². The number of methoxy groups -OCH3 is 1. The molecule has 1 aromatic carbocycles. The van der Waals surface area contributed by atoms with Crippen molar-refractivity contribution in [1.82, 2.24) is 15.3 Å². The Morgan fingerprint density at radius 2 is 1.85 bits per heavy atom. The maximum Gasteiger partial charge on any atom is 0.258 e. The Kier molecular flexibility index (Phi) is 7.77. The third kappa shape index (κ3) is 5.94. The lowest BCUT2D eigenvalue weighted by atomic mass is 10.00. The Morgan fingerprint density at radius 1 is 1.12 bits per heavy atom. The van der Waals surface area contributed by atoms with Gasteiger partial charge in [0, 0.05) is 30.9 Å². The summed E-state index contributed by atoms with van der Waals surface area (Å²) in [5.74, 6) is 0.886. The Hall–Kier alpha value is -3.74. The van der Waals surface area contributed by atoms with Crippen molar-refractivity contribution in [2.45, 2.75) is 33.7 Å². The van der Waals surface area contributed by atoms with E-state index < -0.39 is 0 Å². The SMILES string of the molecule is CN=C(c1cc(OC)ccn1)c1c(C)cc(OCC(=O)N[C@@H](C)c2ccc(C)cc2)nc1C. The molecule has 0 fully saturated rings. The van der Waals surface area contributed by atoms with Gasteiger partial charge >= 0.3 is 0 Å². The molecule has 0 unspecified atom stereocenters. The largest absolute Gasteiger partial charge is 0.497 e. The number of nitrogens with zero attached hydrogens (tertiary/aromatic N) is 3. The fourth-order valence-corrected chi connectivity index (χ4v) is 3.61. The van der Waals surface area contributed by atoms with E-state index in [9.17, 15) is 4.79 Å². The van der Waals surface area contributed by atoms with Gasteiger partial charge in [0.1, 0.15) is 5.75 Å². The van der Waals surface area contributed by atoms with Gasteiger partial charge in [0.05, 0.1) is 30.3 Å². The standard InChI is InChI=1S/C26H30N4O3/c1-16-7-9-20(10-8-16)18(3)29-23(31)15-33-24-13-17(2)25(19(4)30-24)26(27-5)22-14-21(32-6)11-12-28-22/h7-14,18H,15H2,1-6H3,(H,29,31)/t18-/m0/s1. The summed E-state index contributed by atoms with van der Waals surface area (Å²) in [6, 6.07) is 13.4. The van der Waals surface area contributed by atoms with Crippen LogP contribution in [0, 0.1) is 20.8 Å². The lowest BCUT2D eigenvalue weighted by molar-refractivity contribution is -0.123. The normalized spacial score (nSPS) is 12.2. The number of aliphatic imine (C=N–C) groups is 1. The van der Waals surface area contributed by atoms with Crippen molar-refractivity contribution >= 4 is 11.6 Å². The number of benzene rings is 1. The van der Waals surface area contributed by atoms with Crippen LogP contribution in [-0.4, -0.2) is 42.4 Å². The molecule has 33 heavy (non-hydrogen) atoms. The van der Waals surface area contributed by atoms with E-state index in [0.717, 1.165) is 22.4 Å². The molecule has 0 spiro atoms. The highest BCUT2D eigenvalue weighted by atomic mass is 16.5. The van der Waals surface area contributed by atoms with Gasteiger partial charge in [0.25, 0.3) is 5.91 Å². The quantitative estimate of drug-likeness (QED) is 0.526. The van der Waals surface area contributed by atoms with E-state index in [-0.39, 0.29) is 18.6 Å². The van der Waals surface area contributed by atoms with Crippen LogP contribution in [0.25, 0.3) is 0 Å². The minimum absolute atomic E-state index is 0.112. The van der Waals surface area contributed by atoms with Gasteiger partial charge in [0.2, 0.25) is 5.88 Å². The van der Waals surface area contributed by atoms with Gasteiger partial charge in [-0.3, -0.25) is 14.8 Å². The van der Waals surface area contributed by atoms with Crippen LogP contribution in [0.3, 0.4) is 0 Å². The molecule has 3 rings (SSSR count). The van der Waals surface area contributed by atoms with Gasteiger partial charge in [-0.2, -0.15) is 0 Å². The molecule has 172 valence electrons. The van der Waals surface area contributed by atoms with Crippen LogP contribution in [0.4, 0.5) is 0 Å². The fraction of sp³-hybridized carbons (Fsp3) is 0.308. The van der Waals surface area contributed by atoms with E-state index in [1.807, 2.05) is 64.1 Å². The summed E-state index contributed by atoms with van der Waals surface area (Å²) in [6.45, 7) is 7.71. The average Bonchev–Trinajstić information content (AvgIpc) is 2.80. The first-order valence-corrected chi connectivity index (χ1v) is 10.8. The monoisotopic (exact) mass is 446 g/mol. The van der Waals surface area contributed by atoms with Crippen LogP contribution < -0.4 is 14.8 Å². The van der Waals surface area contributed by atoms with Gasteiger partial charge in [-0.05, 0) is 44.9 Å². The molecule has 1 amide bonds. The first-order chi connectivity index (χ1) is 15.8. The second-order valence-corrected chi connectivity index (χ2v) is 7.88. The lowest BCUT2D eigenvalue weighted by Crippen LogP contribution is -2.31. The predicted molar refractivity (Wildman–Crippen MR) is 129 cm³/mol. The number of pyridine rings is 2. The van der Waals surface area contributed by atoms with Crippen molar-refractivity contribution < 1.29 is 14.3 Å². The summed E-state index contributed by atoms with van der Waals surface area (Å²) >= 11 is 0. The molecule has 2 aromatic heterocycles. The number of carbonyl (C=O) groups is 1. The molecular weight excluding hydrogens is 416 g/mol. The summed E-state index contributed by atoms with van der Waals surface area (Å²) < 4.78 is 11.0. The number of nitrogens with one attached hydrogen (secondary N) is 1. The van der Waals surface area contributed by atoms with Crippen molar-refractivity contribution in [3.05, 3.63) is 82.3 Å². The molecule has 0 saturated carbocycles. The third-order valence-corrected chi connectivity index (χ3v) is 5.35. The summed E-state index contributed by atoms with van der Waals surface area (Å²) in [7, 11) is 3.34. The van der Waals surface area contributed by atoms with E-state index in [4.69, 9.17) is 9.47 Å². The number of amides is 1.